The normalized spacial score (nSPS) is 16.4. The summed E-state index contributed by atoms with van der Waals surface area (Å²) in [4.78, 5) is 17.5. The average Bonchev–Trinajstić information content (AvgIpc) is 3.72. The van der Waals surface area contributed by atoms with Crippen LogP contribution in [0, 0.1) is 0 Å². The summed E-state index contributed by atoms with van der Waals surface area (Å²) in [5.74, 6) is 2.21. The summed E-state index contributed by atoms with van der Waals surface area (Å²) in [5, 5.41) is 0. The van der Waals surface area contributed by atoms with Crippen LogP contribution in [0.2, 0.25) is 0 Å². The molecule has 6 heteroatoms. The second kappa shape index (κ2) is 11.9. The van der Waals surface area contributed by atoms with E-state index in [0.717, 1.165) is 36.3 Å². The van der Waals surface area contributed by atoms with Crippen LogP contribution in [0.3, 0.4) is 0 Å². The molecule has 0 unspecified atom stereocenters. The van der Waals surface area contributed by atoms with Crippen LogP contribution in [-0.4, -0.2) is 62.2 Å². The predicted molar refractivity (Wildman–Crippen MR) is 134 cm³/mol. The van der Waals surface area contributed by atoms with E-state index in [2.05, 4.69) is 17.0 Å². The molecule has 0 radical (unpaired) electrons. The number of hydrogen-bond acceptors (Lipinski definition) is 5. The highest BCUT2D eigenvalue weighted by molar-refractivity contribution is 5.92. The maximum Gasteiger partial charge on any atom is 0.247 e. The number of rotatable bonds is 11. The van der Waals surface area contributed by atoms with Crippen LogP contribution in [0.5, 0.6) is 17.2 Å². The van der Waals surface area contributed by atoms with Crippen molar-refractivity contribution in [2.24, 2.45) is 0 Å². The lowest BCUT2D eigenvalue weighted by Crippen LogP contribution is -2.33. The SMILES string of the molecule is COc1ccc(/C=C/C(=O)N(Cc2cccc(OCCN3CCCCC3)c2)C2CC2)cc1OC. The molecule has 0 bridgehead atoms. The van der Waals surface area contributed by atoms with Crippen LogP contribution in [0.4, 0.5) is 0 Å². The van der Waals surface area contributed by atoms with Gasteiger partial charge in [-0.1, -0.05) is 24.6 Å². The van der Waals surface area contributed by atoms with E-state index in [1.807, 2.05) is 41.3 Å². The zero-order chi connectivity index (χ0) is 23.8. The third-order valence-electron chi connectivity index (χ3n) is 6.47. The van der Waals surface area contributed by atoms with Gasteiger partial charge in [-0.05, 0) is 80.2 Å². The number of amides is 1. The Morgan fingerprint density at radius 1 is 1.03 bits per heavy atom. The number of ether oxygens (including phenoxy) is 3. The molecule has 0 aromatic heterocycles. The maximum atomic E-state index is 13.1. The highest BCUT2D eigenvalue weighted by atomic mass is 16.5. The summed E-state index contributed by atoms with van der Waals surface area (Å²) >= 11 is 0. The molecule has 2 aliphatic rings. The average molecular weight is 465 g/mol. The molecule has 1 amide bonds. The molecule has 1 saturated carbocycles. The lowest BCUT2D eigenvalue weighted by atomic mass is 10.1. The molecule has 2 aromatic carbocycles. The Kier molecular flexibility index (Phi) is 8.47. The summed E-state index contributed by atoms with van der Waals surface area (Å²) in [7, 11) is 3.22. The molecule has 4 rings (SSSR count). The van der Waals surface area contributed by atoms with Crippen LogP contribution in [-0.2, 0) is 11.3 Å². The van der Waals surface area contributed by atoms with E-state index >= 15 is 0 Å². The van der Waals surface area contributed by atoms with Gasteiger partial charge >= 0.3 is 0 Å². The summed E-state index contributed by atoms with van der Waals surface area (Å²) < 4.78 is 16.7. The lowest BCUT2D eigenvalue weighted by Gasteiger charge is -2.26. The number of hydrogen-bond donors (Lipinski definition) is 0. The molecule has 0 spiro atoms. The van der Waals surface area contributed by atoms with Gasteiger partial charge in [-0.25, -0.2) is 0 Å². The van der Waals surface area contributed by atoms with E-state index in [0.29, 0.717) is 30.7 Å². The van der Waals surface area contributed by atoms with Crippen molar-refractivity contribution in [2.45, 2.75) is 44.7 Å². The molecule has 182 valence electrons. The topological polar surface area (TPSA) is 51.2 Å². The molecule has 6 nitrogen and oxygen atoms in total. The first kappa shape index (κ1) is 24.1. The van der Waals surface area contributed by atoms with Gasteiger partial charge in [0.05, 0.1) is 14.2 Å². The van der Waals surface area contributed by atoms with Crippen molar-refractivity contribution in [1.29, 1.82) is 0 Å². The van der Waals surface area contributed by atoms with Crippen LogP contribution in [0.25, 0.3) is 6.08 Å². The van der Waals surface area contributed by atoms with Crippen LogP contribution in [0.15, 0.2) is 48.5 Å². The Balaban J connectivity index is 1.35. The smallest absolute Gasteiger partial charge is 0.247 e. The van der Waals surface area contributed by atoms with Crippen LogP contribution >= 0.6 is 0 Å². The Labute approximate surface area is 203 Å². The molecular weight excluding hydrogens is 428 g/mol. The minimum atomic E-state index is 0.0219. The first-order chi connectivity index (χ1) is 16.7. The fourth-order valence-electron chi connectivity index (χ4n) is 4.40. The van der Waals surface area contributed by atoms with Crippen LogP contribution < -0.4 is 14.2 Å². The molecule has 34 heavy (non-hydrogen) atoms. The quantitative estimate of drug-likeness (QED) is 0.448. The van der Waals surface area contributed by atoms with Crippen molar-refractivity contribution >= 4 is 12.0 Å². The summed E-state index contributed by atoms with van der Waals surface area (Å²) in [6.07, 6.45) is 9.53. The number of carbonyl (C=O) groups excluding carboxylic acids is 1. The number of carbonyl (C=O) groups is 1. The van der Waals surface area contributed by atoms with E-state index in [9.17, 15) is 4.79 Å². The Hall–Kier alpha value is -2.99. The molecule has 1 aliphatic heterocycles. The fraction of sp³-hybridized carbons (Fsp3) is 0.464. The number of methoxy groups -OCH3 is 2. The van der Waals surface area contributed by atoms with E-state index in [1.54, 1.807) is 20.3 Å². The second-order valence-electron chi connectivity index (χ2n) is 9.04. The Bertz CT molecular complexity index is 980. The first-order valence-corrected chi connectivity index (χ1v) is 12.3. The van der Waals surface area contributed by atoms with Crippen molar-refractivity contribution in [3.05, 3.63) is 59.7 Å². The van der Waals surface area contributed by atoms with Gasteiger partial charge in [0.25, 0.3) is 0 Å². The molecular formula is C28H36N2O4. The largest absolute Gasteiger partial charge is 0.493 e. The van der Waals surface area contributed by atoms with Gasteiger partial charge < -0.3 is 19.1 Å². The van der Waals surface area contributed by atoms with E-state index in [4.69, 9.17) is 14.2 Å². The molecule has 2 aromatic rings. The molecule has 1 saturated heterocycles. The maximum absolute atomic E-state index is 13.1. The molecule has 1 heterocycles. The van der Waals surface area contributed by atoms with Crippen molar-refractivity contribution < 1.29 is 19.0 Å². The van der Waals surface area contributed by atoms with Crippen molar-refractivity contribution in [1.82, 2.24) is 9.80 Å². The van der Waals surface area contributed by atoms with Gasteiger partial charge in [0.15, 0.2) is 11.5 Å². The standard InChI is InChI=1S/C28H36N2O4/c1-32-26-13-9-22(20-27(26)33-2)10-14-28(31)30(24-11-12-24)21-23-7-6-8-25(19-23)34-18-17-29-15-4-3-5-16-29/h6-10,13-14,19-20,24H,3-5,11-12,15-18,21H2,1-2H3/b14-10+. The minimum Gasteiger partial charge on any atom is -0.493 e. The monoisotopic (exact) mass is 464 g/mol. The van der Waals surface area contributed by atoms with E-state index in [1.165, 1.54) is 32.4 Å². The molecule has 1 aliphatic carbocycles. The molecule has 0 atom stereocenters. The van der Waals surface area contributed by atoms with Crippen LogP contribution in [0.1, 0.15) is 43.2 Å². The van der Waals surface area contributed by atoms with Gasteiger partial charge in [-0.3, -0.25) is 9.69 Å². The lowest BCUT2D eigenvalue weighted by molar-refractivity contribution is -0.127. The zero-order valence-electron chi connectivity index (χ0n) is 20.4. The summed E-state index contributed by atoms with van der Waals surface area (Å²) in [6.45, 7) is 4.61. The molecule has 2 fully saturated rings. The first-order valence-electron chi connectivity index (χ1n) is 12.3. The number of piperidine rings is 1. The van der Waals surface area contributed by atoms with Gasteiger partial charge in [0.2, 0.25) is 5.91 Å². The third-order valence-corrected chi connectivity index (χ3v) is 6.47. The number of likely N-dealkylation sites (tertiary alicyclic amines) is 1. The molecule has 0 N–H and O–H groups in total. The second-order valence-corrected chi connectivity index (χ2v) is 9.04. The highest BCUT2D eigenvalue weighted by Gasteiger charge is 2.31. The van der Waals surface area contributed by atoms with Crippen molar-refractivity contribution in [2.75, 3.05) is 40.5 Å². The van der Waals surface area contributed by atoms with E-state index in [-0.39, 0.29) is 5.91 Å². The Morgan fingerprint density at radius 2 is 1.82 bits per heavy atom. The number of benzene rings is 2. The predicted octanol–water partition coefficient (Wildman–Crippen LogP) is 4.77. The highest BCUT2D eigenvalue weighted by Crippen LogP contribution is 2.30. The van der Waals surface area contributed by atoms with Gasteiger partial charge in [0, 0.05) is 25.2 Å². The summed E-state index contributed by atoms with van der Waals surface area (Å²) in [5.41, 5.74) is 1.99. The van der Waals surface area contributed by atoms with Gasteiger partial charge in [0.1, 0.15) is 12.4 Å². The van der Waals surface area contributed by atoms with Gasteiger partial charge in [-0.15, -0.1) is 0 Å². The van der Waals surface area contributed by atoms with Crippen molar-refractivity contribution in [3.63, 3.8) is 0 Å². The third kappa shape index (κ3) is 6.76. The van der Waals surface area contributed by atoms with Gasteiger partial charge in [-0.2, -0.15) is 0 Å². The number of nitrogens with zero attached hydrogens (tertiary/aromatic N) is 2. The van der Waals surface area contributed by atoms with Crippen molar-refractivity contribution in [3.8, 4) is 17.2 Å². The Morgan fingerprint density at radius 3 is 2.56 bits per heavy atom. The fourth-order valence-corrected chi connectivity index (χ4v) is 4.40. The zero-order valence-corrected chi connectivity index (χ0v) is 20.4. The van der Waals surface area contributed by atoms with E-state index < -0.39 is 0 Å². The summed E-state index contributed by atoms with van der Waals surface area (Å²) in [6, 6.07) is 14.1. The minimum absolute atomic E-state index is 0.0219.